The van der Waals surface area contributed by atoms with Crippen molar-refractivity contribution in [2.75, 3.05) is 0 Å². The summed E-state index contributed by atoms with van der Waals surface area (Å²) >= 11 is 0. The van der Waals surface area contributed by atoms with Crippen LogP contribution in [0, 0.1) is 17.4 Å². The van der Waals surface area contributed by atoms with Gasteiger partial charge in [-0.2, -0.15) is 0 Å². The molecule has 0 nitrogen and oxygen atoms in total. The van der Waals surface area contributed by atoms with Gasteiger partial charge < -0.3 is 0 Å². The summed E-state index contributed by atoms with van der Waals surface area (Å²) in [6, 6.07) is 1.27. The maximum atomic E-state index is 3.28. The summed E-state index contributed by atoms with van der Waals surface area (Å²) in [5.41, 5.74) is 3.28. The first kappa shape index (κ1) is 8.78. The first-order valence-corrected chi connectivity index (χ1v) is 5.71. The second-order valence-corrected chi connectivity index (χ2v) is 5.08. The van der Waals surface area contributed by atoms with E-state index in [4.69, 9.17) is 0 Å². The van der Waals surface area contributed by atoms with E-state index < -0.39 is 0 Å². The molecule has 0 aromatic carbocycles. The van der Waals surface area contributed by atoms with E-state index in [1.165, 1.54) is 6.04 Å². The Morgan fingerprint density at radius 1 is 1.44 bits per heavy atom. The third-order valence-electron chi connectivity index (χ3n) is 1.10. The van der Waals surface area contributed by atoms with Crippen LogP contribution in [0.5, 0.6) is 0 Å². The van der Waals surface area contributed by atoms with Crippen molar-refractivity contribution in [2.24, 2.45) is 5.92 Å². The highest BCUT2D eigenvalue weighted by Crippen LogP contribution is 1.90. The zero-order valence-electron chi connectivity index (χ0n) is 6.78. The second-order valence-electron chi connectivity index (χ2n) is 2.56. The molecule has 0 atom stereocenters. The van der Waals surface area contributed by atoms with Crippen LogP contribution in [0.15, 0.2) is 0 Å². The highest BCUT2D eigenvalue weighted by molar-refractivity contribution is 6.66. The molecule has 0 fully saturated rings. The lowest BCUT2D eigenvalue weighted by Crippen LogP contribution is -2.00. The Hall–Kier alpha value is -0.223. The summed E-state index contributed by atoms with van der Waals surface area (Å²) in [7, 11) is -0.285. The fraction of sp³-hybridized carbons (Fsp3) is 0.750. The zero-order valence-corrected chi connectivity index (χ0v) is 7.78. The van der Waals surface area contributed by atoms with Gasteiger partial charge in [-0.05, 0) is 0 Å². The van der Waals surface area contributed by atoms with E-state index in [0.717, 1.165) is 0 Å². The standard InChI is InChI=1S/C8H15Si/c1-5-9(4)7-6-8(2)3/h8H,5H2,1-4H3. The molecule has 0 saturated heterocycles. The molecule has 0 heterocycles. The monoisotopic (exact) mass is 139 g/mol. The quantitative estimate of drug-likeness (QED) is 0.386. The van der Waals surface area contributed by atoms with Crippen LogP contribution in [-0.2, 0) is 0 Å². The predicted octanol–water partition coefficient (Wildman–Crippen LogP) is 2.33. The van der Waals surface area contributed by atoms with E-state index in [9.17, 15) is 0 Å². The van der Waals surface area contributed by atoms with Crippen molar-refractivity contribution in [3.8, 4) is 11.5 Å². The molecule has 0 spiro atoms. The summed E-state index contributed by atoms with van der Waals surface area (Å²) in [6.07, 6.45) is 0. The molecule has 0 aromatic heterocycles. The van der Waals surface area contributed by atoms with Gasteiger partial charge in [0.1, 0.15) is 8.80 Å². The Morgan fingerprint density at radius 2 is 2.00 bits per heavy atom. The van der Waals surface area contributed by atoms with Crippen LogP contribution in [0.2, 0.25) is 12.6 Å². The molecule has 0 aromatic rings. The summed E-state index contributed by atoms with van der Waals surface area (Å²) in [5.74, 6) is 3.74. The van der Waals surface area contributed by atoms with E-state index >= 15 is 0 Å². The predicted molar refractivity (Wildman–Crippen MR) is 44.7 cm³/mol. The molecule has 1 radical (unpaired) electrons. The first-order valence-electron chi connectivity index (χ1n) is 3.50. The topological polar surface area (TPSA) is 0 Å². The molecular formula is C8H15Si. The lowest BCUT2D eigenvalue weighted by Gasteiger charge is -1.92. The SMILES string of the molecule is CC[Si](C)C#CC(C)C. The normalized spacial score (nSPS) is 9.56. The van der Waals surface area contributed by atoms with E-state index in [-0.39, 0.29) is 8.80 Å². The van der Waals surface area contributed by atoms with Gasteiger partial charge >= 0.3 is 0 Å². The van der Waals surface area contributed by atoms with Crippen LogP contribution in [0.3, 0.4) is 0 Å². The smallest absolute Gasteiger partial charge is 0.133 e. The third-order valence-corrected chi connectivity index (χ3v) is 2.74. The van der Waals surface area contributed by atoms with Crippen LogP contribution < -0.4 is 0 Å². The number of rotatable bonds is 1. The Labute approximate surface area is 60.3 Å². The molecule has 0 unspecified atom stereocenters. The third kappa shape index (κ3) is 5.65. The van der Waals surface area contributed by atoms with Crippen LogP contribution in [-0.4, -0.2) is 8.80 Å². The molecule has 51 valence electrons. The second kappa shape index (κ2) is 4.64. The number of hydrogen-bond acceptors (Lipinski definition) is 0. The van der Waals surface area contributed by atoms with E-state index in [1.54, 1.807) is 0 Å². The van der Waals surface area contributed by atoms with Crippen molar-refractivity contribution in [1.29, 1.82) is 0 Å². The van der Waals surface area contributed by atoms with Gasteiger partial charge in [0.25, 0.3) is 0 Å². The average Bonchev–Trinajstić information content (AvgIpc) is 1.83. The summed E-state index contributed by atoms with van der Waals surface area (Å²) in [5, 5.41) is 0. The molecule has 0 amide bonds. The molecule has 1 heteroatoms. The summed E-state index contributed by atoms with van der Waals surface area (Å²) in [6.45, 7) is 8.75. The first-order chi connectivity index (χ1) is 4.16. The maximum absolute atomic E-state index is 3.28. The van der Waals surface area contributed by atoms with E-state index in [0.29, 0.717) is 5.92 Å². The van der Waals surface area contributed by atoms with Crippen molar-refractivity contribution in [1.82, 2.24) is 0 Å². The van der Waals surface area contributed by atoms with Gasteiger partial charge in [-0.3, -0.25) is 0 Å². The largest absolute Gasteiger partial charge is 0.141 e. The Morgan fingerprint density at radius 3 is 2.33 bits per heavy atom. The Bertz CT molecular complexity index is 116. The lowest BCUT2D eigenvalue weighted by molar-refractivity contribution is 0.867. The molecule has 0 saturated carbocycles. The minimum atomic E-state index is -0.285. The molecular weight excluding hydrogens is 124 g/mol. The number of hydrogen-bond donors (Lipinski definition) is 0. The van der Waals surface area contributed by atoms with Gasteiger partial charge in [-0.25, -0.2) is 0 Å². The van der Waals surface area contributed by atoms with Crippen molar-refractivity contribution in [3.05, 3.63) is 0 Å². The molecule has 0 N–H and O–H groups in total. The maximum Gasteiger partial charge on any atom is 0.141 e. The summed E-state index contributed by atoms with van der Waals surface area (Å²) < 4.78 is 0. The molecule has 0 rings (SSSR count). The molecule has 0 aliphatic carbocycles. The van der Waals surface area contributed by atoms with Crippen molar-refractivity contribution < 1.29 is 0 Å². The fourth-order valence-electron chi connectivity index (χ4n) is 0.356. The minimum absolute atomic E-state index is 0.285. The van der Waals surface area contributed by atoms with Gasteiger partial charge in [0.05, 0.1) is 0 Å². The summed E-state index contributed by atoms with van der Waals surface area (Å²) in [4.78, 5) is 0. The van der Waals surface area contributed by atoms with E-state index in [2.05, 4.69) is 38.8 Å². The van der Waals surface area contributed by atoms with Crippen molar-refractivity contribution >= 4 is 8.80 Å². The molecule has 9 heavy (non-hydrogen) atoms. The van der Waals surface area contributed by atoms with Crippen LogP contribution >= 0.6 is 0 Å². The van der Waals surface area contributed by atoms with Gasteiger partial charge in [-0.1, -0.05) is 33.4 Å². The van der Waals surface area contributed by atoms with Crippen LogP contribution in [0.25, 0.3) is 0 Å². The van der Waals surface area contributed by atoms with Crippen LogP contribution in [0.1, 0.15) is 20.8 Å². The van der Waals surface area contributed by atoms with E-state index in [1.807, 2.05) is 0 Å². The van der Waals surface area contributed by atoms with Gasteiger partial charge in [0.2, 0.25) is 0 Å². The van der Waals surface area contributed by atoms with Gasteiger partial charge in [0, 0.05) is 5.92 Å². The van der Waals surface area contributed by atoms with Crippen molar-refractivity contribution in [3.63, 3.8) is 0 Å². The molecule has 0 aliphatic heterocycles. The van der Waals surface area contributed by atoms with Crippen LogP contribution in [0.4, 0.5) is 0 Å². The fourth-order valence-corrected chi connectivity index (χ4v) is 1.07. The minimum Gasteiger partial charge on any atom is -0.133 e. The highest BCUT2D eigenvalue weighted by Gasteiger charge is 1.92. The lowest BCUT2D eigenvalue weighted by atomic mass is 10.2. The Balaban J connectivity index is 3.58. The Kier molecular flexibility index (Phi) is 4.52. The van der Waals surface area contributed by atoms with Gasteiger partial charge in [0.15, 0.2) is 0 Å². The zero-order chi connectivity index (χ0) is 7.28. The van der Waals surface area contributed by atoms with Crippen molar-refractivity contribution in [2.45, 2.75) is 33.4 Å². The molecule has 0 aliphatic rings. The molecule has 0 bridgehead atoms. The van der Waals surface area contributed by atoms with Gasteiger partial charge in [-0.15, -0.1) is 11.5 Å². The highest BCUT2D eigenvalue weighted by atomic mass is 28.3. The average molecular weight is 139 g/mol.